The third-order valence-electron chi connectivity index (χ3n) is 1.71. The SMILES string of the molecule is O=C(O)c1cc(Br)cnc1Sc1ncc[nH]1. The molecule has 0 aliphatic rings. The predicted octanol–water partition coefficient (Wildman–Crippen LogP) is 2.42. The van der Waals surface area contributed by atoms with Gasteiger partial charge >= 0.3 is 5.97 Å². The van der Waals surface area contributed by atoms with Crippen molar-refractivity contribution in [3.63, 3.8) is 0 Å². The van der Waals surface area contributed by atoms with E-state index in [1.165, 1.54) is 17.8 Å². The number of pyridine rings is 1. The number of aromatic carboxylic acids is 1. The predicted molar refractivity (Wildman–Crippen MR) is 61.6 cm³/mol. The molecular weight excluding hydrogens is 294 g/mol. The standard InChI is InChI=1S/C9H6BrN3O2S/c10-5-3-6(8(14)15)7(13-4-5)16-9-11-1-2-12-9/h1-4H,(H,11,12)(H,14,15). The molecular formula is C9H6BrN3O2S. The zero-order chi connectivity index (χ0) is 11.5. The first-order valence-electron chi connectivity index (χ1n) is 4.23. The van der Waals surface area contributed by atoms with Crippen LogP contribution in [0.2, 0.25) is 0 Å². The molecule has 0 saturated carbocycles. The summed E-state index contributed by atoms with van der Waals surface area (Å²) in [5.74, 6) is -1.01. The maximum absolute atomic E-state index is 11.0. The van der Waals surface area contributed by atoms with E-state index >= 15 is 0 Å². The van der Waals surface area contributed by atoms with Crippen molar-refractivity contribution in [3.05, 3.63) is 34.7 Å². The molecule has 0 saturated heterocycles. The molecule has 2 N–H and O–H groups in total. The molecule has 16 heavy (non-hydrogen) atoms. The summed E-state index contributed by atoms with van der Waals surface area (Å²) in [6.45, 7) is 0. The van der Waals surface area contributed by atoms with Crippen LogP contribution in [-0.2, 0) is 0 Å². The van der Waals surface area contributed by atoms with E-state index in [1.807, 2.05) is 0 Å². The van der Waals surface area contributed by atoms with E-state index in [9.17, 15) is 4.79 Å². The summed E-state index contributed by atoms with van der Waals surface area (Å²) >= 11 is 4.36. The molecule has 0 aromatic carbocycles. The summed E-state index contributed by atoms with van der Waals surface area (Å²) in [7, 11) is 0. The molecule has 0 atom stereocenters. The van der Waals surface area contributed by atoms with Gasteiger partial charge in [-0.1, -0.05) is 0 Å². The Balaban J connectivity index is 2.36. The van der Waals surface area contributed by atoms with E-state index < -0.39 is 5.97 Å². The van der Waals surface area contributed by atoms with Gasteiger partial charge < -0.3 is 10.1 Å². The highest BCUT2D eigenvalue weighted by atomic mass is 79.9. The van der Waals surface area contributed by atoms with Gasteiger partial charge in [0.25, 0.3) is 0 Å². The smallest absolute Gasteiger partial charge is 0.338 e. The van der Waals surface area contributed by atoms with Gasteiger partial charge in [0.15, 0.2) is 5.16 Å². The van der Waals surface area contributed by atoms with E-state index in [0.29, 0.717) is 14.7 Å². The molecule has 2 heterocycles. The summed E-state index contributed by atoms with van der Waals surface area (Å²) < 4.78 is 0.633. The zero-order valence-electron chi connectivity index (χ0n) is 7.85. The minimum Gasteiger partial charge on any atom is -0.478 e. The third kappa shape index (κ3) is 2.42. The molecule has 0 radical (unpaired) electrons. The molecule has 7 heteroatoms. The average Bonchev–Trinajstić information content (AvgIpc) is 2.73. The van der Waals surface area contributed by atoms with Gasteiger partial charge in [0.05, 0.1) is 5.56 Å². The monoisotopic (exact) mass is 299 g/mol. The Kier molecular flexibility index (Phi) is 3.25. The van der Waals surface area contributed by atoms with Gasteiger partial charge in [-0.3, -0.25) is 0 Å². The van der Waals surface area contributed by atoms with Crippen molar-refractivity contribution in [1.29, 1.82) is 0 Å². The fourth-order valence-electron chi connectivity index (χ4n) is 1.06. The number of carboxylic acids is 1. The van der Waals surface area contributed by atoms with Gasteiger partial charge in [-0.15, -0.1) is 0 Å². The van der Waals surface area contributed by atoms with Crippen LogP contribution in [0.5, 0.6) is 0 Å². The Bertz CT molecular complexity index is 515. The number of H-pyrrole nitrogens is 1. The lowest BCUT2D eigenvalue weighted by Gasteiger charge is -2.02. The molecule has 0 spiro atoms. The Hall–Kier alpha value is -1.34. The maximum Gasteiger partial charge on any atom is 0.338 e. The van der Waals surface area contributed by atoms with E-state index in [0.717, 1.165) is 0 Å². The van der Waals surface area contributed by atoms with Crippen LogP contribution in [0.4, 0.5) is 0 Å². The quantitative estimate of drug-likeness (QED) is 0.910. The highest BCUT2D eigenvalue weighted by Crippen LogP contribution is 2.27. The van der Waals surface area contributed by atoms with Gasteiger partial charge in [-0.05, 0) is 33.8 Å². The number of nitrogens with zero attached hydrogens (tertiary/aromatic N) is 2. The van der Waals surface area contributed by atoms with Crippen LogP contribution in [-0.4, -0.2) is 26.0 Å². The molecule has 0 aliphatic heterocycles. The number of hydrogen-bond donors (Lipinski definition) is 2. The minimum absolute atomic E-state index is 0.149. The van der Waals surface area contributed by atoms with Gasteiger partial charge in [-0.2, -0.15) is 0 Å². The summed E-state index contributed by atoms with van der Waals surface area (Å²) in [6, 6.07) is 1.51. The minimum atomic E-state index is -1.01. The highest BCUT2D eigenvalue weighted by Gasteiger charge is 2.14. The molecule has 2 aromatic rings. The Morgan fingerprint density at radius 2 is 2.31 bits per heavy atom. The van der Waals surface area contributed by atoms with Crippen molar-refractivity contribution in [3.8, 4) is 0 Å². The van der Waals surface area contributed by atoms with Crippen molar-refractivity contribution in [2.45, 2.75) is 10.2 Å². The van der Waals surface area contributed by atoms with Crippen LogP contribution < -0.4 is 0 Å². The Morgan fingerprint density at radius 1 is 1.50 bits per heavy atom. The van der Waals surface area contributed by atoms with Crippen LogP contribution in [0, 0.1) is 0 Å². The van der Waals surface area contributed by atoms with Gasteiger partial charge in [-0.25, -0.2) is 14.8 Å². The molecule has 2 aromatic heterocycles. The Morgan fingerprint density at radius 3 is 2.94 bits per heavy atom. The topological polar surface area (TPSA) is 78.9 Å². The van der Waals surface area contributed by atoms with E-state index in [-0.39, 0.29) is 5.56 Å². The molecule has 82 valence electrons. The van der Waals surface area contributed by atoms with Gasteiger partial charge in [0, 0.05) is 23.1 Å². The van der Waals surface area contributed by atoms with Crippen molar-refractivity contribution in [2.75, 3.05) is 0 Å². The second kappa shape index (κ2) is 4.67. The normalized spacial score (nSPS) is 10.3. The number of rotatable bonds is 3. The number of imidazole rings is 1. The van der Waals surface area contributed by atoms with E-state index in [1.54, 1.807) is 18.6 Å². The molecule has 2 rings (SSSR count). The maximum atomic E-state index is 11.0. The first-order chi connectivity index (χ1) is 7.66. The zero-order valence-corrected chi connectivity index (χ0v) is 10.2. The number of carboxylic acid groups (broad SMARTS) is 1. The second-order valence-electron chi connectivity index (χ2n) is 2.81. The molecule has 0 unspecified atom stereocenters. The largest absolute Gasteiger partial charge is 0.478 e. The van der Waals surface area contributed by atoms with Gasteiger partial charge in [0.2, 0.25) is 0 Å². The van der Waals surface area contributed by atoms with Crippen LogP contribution in [0.1, 0.15) is 10.4 Å². The number of hydrogen-bond acceptors (Lipinski definition) is 4. The fraction of sp³-hybridized carbons (Fsp3) is 0. The molecule has 5 nitrogen and oxygen atoms in total. The van der Waals surface area contributed by atoms with E-state index in [2.05, 4.69) is 30.9 Å². The van der Waals surface area contributed by atoms with Gasteiger partial charge in [0.1, 0.15) is 5.03 Å². The van der Waals surface area contributed by atoms with Crippen molar-refractivity contribution >= 4 is 33.7 Å². The van der Waals surface area contributed by atoms with Crippen LogP contribution in [0.25, 0.3) is 0 Å². The Labute approximate surface area is 103 Å². The number of carbonyl (C=O) groups is 1. The lowest BCUT2D eigenvalue weighted by Crippen LogP contribution is -2.00. The molecule has 0 amide bonds. The average molecular weight is 300 g/mol. The van der Waals surface area contributed by atoms with Crippen LogP contribution >= 0.6 is 27.7 Å². The third-order valence-corrected chi connectivity index (χ3v) is 3.08. The first kappa shape index (κ1) is 11.2. The number of aromatic nitrogens is 3. The summed E-state index contributed by atoms with van der Waals surface area (Å²) in [4.78, 5) is 21.9. The second-order valence-corrected chi connectivity index (χ2v) is 4.70. The van der Waals surface area contributed by atoms with E-state index in [4.69, 9.17) is 5.11 Å². The van der Waals surface area contributed by atoms with Crippen molar-refractivity contribution in [1.82, 2.24) is 15.0 Å². The highest BCUT2D eigenvalue weighted by molar-refractivity contribution is 9.10. The first-order valence-corrected chi connectivity index (χ1v) is 5.84. The fourth-order valence-corrected chi connectivity index (χ4v) is 2.18. The summed E-state index contributed by atoms with van der Waals surface area (Å²) in [5, 5.41) is 10.0. The van der Waals surface area contributed by atoms with Crippen molar-refractivity contribution in [2.24, 2.45) is 0 Å². The lowest BCUT2D eigenvalue weighted by molar-refractivity contribution is 0.0692. The lowest BCUT2D eigenvalue weighted by atomic mass is 10.3. The molecule has 0 bridgehead atoms. The summed E-state index contributed by atoms with van der Waals surface area (Å²) in [6.07, 6.45) is 4.82. The summed E-state index contributed by atoms with van der Waals surface area (Å²) in [5.41, 5.74) is 0.149. The number of halogens is 1. The number of aromatic amines is 1. The number of nitrogens with one attached hydrogen (secondary N) is 1. The molecule has 0 fully saturated rings. The van der Waals surface area contributed by atoms with Crippen LogP contribution in [0.15, 0.2) is 39.3 Å². The molecule has 0 aliphatic carbocycles. The van der Waals surface area contributed by atoms with Crippen molar-refractivity contribution < 1.29 is 9.90 Å². The van der Waals surface area contributed by atoms with Crippen LogP contribution in [0.3, 0.4) is 0 Å².